The second kappa shape index (κ2) is 3.96. The summed E-state index contributed by atoms with van der Waals surface area (Å²) < 4.78 is 0.712. The molecule has 4 rings (SSSR count). The first kappa shape index (κ1) is 10.5. The molecule has 0 aliphatic heterocycles. The lowest BCUT2D eigenvalue weighted by Gasteiger charge is -2.56. The van der Waals surface area contributed by atoms with Gasteiger partial charge in [0.05, 0.1) is 0 Å². The van der Waals surface area contributed by atoms with Gasteiger partial charge in [-0.1, -0.05) is 0 Å². The third kappa shape index (κ3) is 1.95. The van der Waals surface area contributed by atoms with Gasteiger partial charge in [0.2, 0.25) is 0 Å². The van der Waals surface area contributed by atoms with Crippen molar-refractivity contribution in [1.82, 2.24) is 0 Å². The van der Waals surface area contributed by atoms with Crippen molar-refractivity contribution in [2.24, 2.45) is 23.5 Å². The van der Waals surface area contributed by atoms with E-state index in [1.165, 1.54) is 31.4 Å². The van der Waals surface area contributed by atoms with E-state index in [1.807, 2.05) is 0 Å². The lowest BCUT2D eigenvalue weighted by molar-refractivity contribution is 0.0383. The Morgan fingerprint density at radius 1 is 1.00 bits per heavy atom. The van der Waals surface area contributed by atoms with Crippen LogP contribution in [0, 0.1) is 17.8 Å². The van der Waals surface area contributed by atoms with E-state index in [2.05, 4.69) is 11.8 Å². The lowest BCUT2D eigenvalue weighted by atomic mass is 9.56. The molecule has 4 aliphatic rings. The maximum Gasteiger partial charge on any atom is 0.0168 e. The molecule has 0 aromatic carbocycles. The molecule has 15 heavy (non-hydrogen) atoms. The third-order valence-corrected chi connectivity index (χ3v) is 6.34. The minimum absolute atomic E-state index is 0.712. The predicted octanol–water partition coefficient (Wildman–Crippen LogP) is 3.04. The Morgan fingerprint density at radius 2 is 1.53 bits per heavy atom. The van der Waals surface area contributed by atoms with Gasteiger partial charge < -0.3 is 5.73 Å². The minimum atomic E-state index is 0.712. The predicted molar refractivity (Wildman–Crippen MR) is 67.0 cm³/mol. The molecular weight excluding hydrogens is 202 g/mol. The largest absolute Gasteiger partial charge is 0.330 e. The molecule has 0 heterocycles. The van der Waals surface area contributed by atoms with Gasteiger partial charge in [0, 0.05) is 4.75 Å². The Bertz CT molecular complexity index is 203. The van der Waals surface area contributed by atoms with Crippen LogP contribution in [-0.2, 0) is 0 Å². The molecular formula is C13H23NS. The molecule has 0 aromatic rings. The summed E-state index contributed by atoms with van der Waals surface area (Å²) in [6.45, 7) is 0.874. The summed E-state index contributed by atoms with van der Waals surface area (Å²) in [5.74, 6) is 4.60. The fourth-order valence-corrected chi connectivity index (χ4v) is 6.38. The molecule has 0 saturated heterocycles. The van der Waals surface area contributed by atoms with Crippen molar-refractivity contribution in [2.75, 3.05) is 12.3 Å². The summed E-state index contributed by atoms with van der Waals surface area (Å²) in [5.41, 5.74) is 5.59. The van der Waals surface area contributed by atoms with Crippen LogP contribution in [0.1, 0.15) is 44.9 Å². The number of thioether (sulfide) groups is 1. The zero-order valence-corrected chi connectivity index (χ0v) is 10.4. The zero-order valence-electron chi connectivity index (χ0n) is 9.58. The van der Waals surface area contributed by atoms with Crippen molar-refractivity contribution in [2.45, 2.75) is 49.7 Å². The molecule has 0 amide bonds. The average molecular weight is 225 g/mol. The van der Waals surface area contributed by atoms with E-state index < -0.39 is 0 Å². The first-order chi connectivity index (χ1) is 7.30. The fourth-order valence-electron chi connectivity index (χ4n) is 4.58. The van der Waals surface area contributed by atoms with E-state index in [-0.39, 0.29) is 0 Å². The minimum Gasteiger partial charge on any atom is -0.330 e. The number of nitrogens with two attached hydrogens (primary N) is 1. The molecule has 4 aliphatic carbocycles. The second-order valence-corrected chi connectivity index (χ2v) is 7.65. The average Bonchev–Trinajstić information content (AvgIpc) is 2.15. The monoisotopic (exact) mass is 225 g/mol. The summed E-state index contributed by atoms with van der Waals surface area (Å²) in [4.78, 5) is 0. The van der Waals surface area contributed by atoms with Crippen LogP contribution in [0.4, 0.5) is 0 Å². The van der Waals surface area contributed by atoms with Gasteiger partial charge in [0.15, 0.2) is 0 Å². The molecule has 0 aromatic heterocycles. The SMILES string of the molecule is NCCCSC12CC3CC(CC(C3)C1)C2. The normalized spacial score (nSPS) is 47.4. The quantitative estimate of drug-likeness (QED) is 0.744. The van der Waals surface area contributed by atoms with Crippen molar-refractivity contribution < 1.29 is 0 Å². The number of hydrogen-bond donors (Lipinski definition) is 1. The molecule has 86 valence electrons. The molecule has 4 fully saturated rings. The molecule has 4 saturated carbocycles. The van der Waals surface area contributed by atoms with Crippen LogP contribution in [0.5, 0.6) is 0 Å². The highest BCUT2D eigenvalue weighted by molar-refractivity contribution is 8.00. The second-order valence-electron chi connectivity index (χ2n) is 6.09. The Balaban J connectivity index is 1.65. The molecule has 0 spiro atoms. The standard InChI is InChI=1S/C13H23NS/c14-2-1-3-15-13-7-10-4-11(8-13)6-12(5-10)9-13/h10-12H,1-9,14H2. The van der Waals surface area contributed by atoms with Gasteiger partial charge in [-0.05, 0) is 75.0 Å². The van der Waals surface area contributed by atoms with Crippen molar-refractivity contribution in [1.29, 1.82) is 0 Å². The van der Waals surface area contributed by atoms with Gasteiger partial charge in [-0.3, -0.25) is 0 Å². The van der Waals surface area contributed by atoms with Crippen LogP contribution in [-0.4, -0.2) is 17.0 Å². The third-order valence-electron chi connectivity index (χ3n) is 4.74. The lowest BCUT2D eigenvalue weighted by Crippen LogP contribution is -2.48. The van der Waals surface area contributed by atoms with Crippen LogP contribution in [0.3, 0.4) is 0 Å². The van der Waals surface area contributed by atoms with Gasteiger partial charge in [0.1, 0.15) is 0 Å². The van der Waals surface area contributed by atoms with Crippen molar-refractivity contribution in [3.8, 4) is 0 Å². The van der Waals surface area contributed by atoms with E-state index >= 15 is 0 Å². The summed E-state index contributed by atoms with van der Waals surface area (Å²) in [7, 11) is 0. The maximum absolute atomic E-state index is 5.59. The maximum atomic E-state index is 5.59. The van der Waals surface area contributed by atoms with Crippen LogP contribution >= 0.6 is 11.8 Å². The van der Waals surface area contributed by atoms with Crippen molar-refractivity contribution in [3.05, 3.63) is 0 Å². The highest BCUT2D eigenvalue weighted by atomic mass is 32.2. The Morgan fingerprint density at radius 3 is 2.00 bits per heavy atom. The van der Waals surface area contributed by atoms with E-state index in [0.29, 0.717) is 4.75 Å². The summed E-state index contributed by atoms with van der Waals surface area (Å²) in [5, 5.41) is 0. The Hall–Kier alpha value is 0.310. The molecule has 1 nitrogen and oxygen atoms in total. The van der Waals surface area contributed by atoms with Crippen LogP contribution in [0.2, 0.25) is 0 Å². The first-order valence-corrected chi connectivity index (χ1v) is 7.62. The van der Waals surface area contributed by atoms with Gasteiger partial charge in [-0.15, -0.1) is 0 Å². The van der Waals surface area contributed by atoms with Gasteiger partial charge in [0.25, 0.3) is 0 Å². The first-order valence-electron chi connectivity index (χ1n) is 6.64. The van der Waals surface area contributed by atoms with Crippen molar-refractivity contribution >= 4 is 11.8 Å². The molecule has 2 N–H and O–H groups in total. The molecule has 0 radical (unpaired) electrons. The molecule has 0 atom stereocenters. The number of hydrogen-bond acceptors (Lipinski definition) is 2. The fraction of sp³-hybridized carbons (Fsp3) is 1.00. The Labute approximate surface area is 97.6 Å². The van der Waals surface area contributed by atoms with Gasteiger partial charge >= 0.3 is 0 Å². The molecule has 2 heteroatoms. The molecule has 4 bridgehead atoms. The zero-order chi connectivity index (χ0) is 10.3. The van der Waals surface area contributed by atoms with Crippen LogP contribution < -0.4 is 5.73 Å². The molecule has 0 unspecified atom stereocenters. The Kier molecular flexibility index (Phi) is 2.76. The van der Waals surface area contributed by atoms with E-state index in [1.54, 1.807) is 19.3 Å². The smallest absolute Gasteiger partial charge is 0.0168 e. The summed E-state index contributed by atoms with van der Waals surface area (Å²) >= 11 is 2.28. The van der Waals surface area contributed by atoms with Crippen molar-refractivity contribution in [3.63, 3.8) is 0 Å². The topological polar surface area (TPSA) is 26.0 Å². The van der Waals surface area contributed by atoms with Crippen LogP contribution in [0.25, 0.3) is 0 Å². The highest BCUT2D eigenvalue weighted by Crippen LogP contribution is 2.60. The van der Waals surface area contributed by atoms with Gasteiger partial charge in [-0.2, -0.15) is 11.8 Å². The van der Waals surface area contributed by atoms with E-state index in [9.17, 15) is 0 Å². The van der Waals surface area contributed by atoms with Gasteiger partial charge in [-0.25, -0.2) is 0 Å². The summed E-state index contributed by atoms with van der Waals surface area (Å²) in [6, 6.07) is 0. The van der Waals surface area contributed by atoms with Crippen LogP contribution in [0.15, 0.2) is 0 Å². The number of rotatable bonds is 4. The van der Waals surface area contributed by atoms with E-state index in [4.69, 9.17) is 5.73 Å². The van der Waals surface area contributed by atoms with E-state index in [0.717, 1.165) is 24.3 Å². The highest BCUT2D eigenvalue weighted by Gasteiger charge is 2.50. The summed E-state index contributed by atoms with van der Waals surface area (Å²) in [6.07, 6.45) is 10.5.